The van der Waals surface area contributed by atoms with Crippen molar-refractivity contribution in [2.45, 2.75) is 6.92 Å². The van der Waals surface area contributed by atoms with E-state index >= 15 is 0 Å². The van der Waals surface area contributed by atoms with Crippen LogP contribution >= 0.6 is 38.5 Å². The van der Waals surface area contributed by atoms with E-state index in [1.165, 1.54) is 3.57 Å². The first-order valence-corrected chi connectivity index (χ1v) is 10.6. The van der Waals surface area contributed by atoms with Gasteiger partial charge in [-0.1, -0.05) is 42.0 Å². The monoisotopic (exact) mass is 542 g/mol. The highest BCUT2D eigenvalue weighted by molar-refractivity contribution is 14.1. The van der Waals surface area contributed by atoms with Gasteiger partial charge in [-0.15, -0.1) is 0 Å². The number of aryl methyl sites for hydroxylation is 1. The van der Waals surface area contributed by atoms with Crippen LogP contribution in [0.15, 0.2) is 82.0 Å². The molecule has 0 fully saturated rings. The molecule has 0 unspecified atom stereocenters. The van der Waals surface area contributed by atoms with E-state index in [9.17, 15) is 4.79 Å². The predicted octanol–water partition coefficient (Wildman–Crippen LogP) is 6.59. The molecule has 0 saturated heterocycles. The van der Waals surface area contributed by atoms with Gasteiger partial charge in [-0.2, -0.15) is 0 Å². The van der Waals surface area contributed by atoms with Crippen LogP contribution in [-0.4, -0.2) is 16.5 Å². The quantitative estimate of drug-likeness (QED) is 0.293. The standard InChI is InChI=1S/C23H16BrIN2O/c1-14-2-4-16(5-3-14)23(28)20-11-10-18(26-20)12-21-19(13-22(24)27-21)15-6-8-17(25)9-7-15/h2-13,27H,1H3/b18-12-. The maximum absolute atomic E-state index is 12.7. The zero-order valence-electron chi connectivity index (χ0n) is 15.0. The van der Waals surface area contributed by atoms with Crippen LogP contribution in [0, 0.1) is 10.5 Å². The number of Topliss-reactive ketones (excluding diaryl/α,β-unsaturated/α-hetero) is 1. The molecule has 0 spiro atoms. The van der Waals surface area contributed by atoms with Gasteiger partial charge in [0.15, 0.2) is 0 Å². The molecule has 5 heteroatoms. The number of carbonyl (C=O) groups excluding carboxylic acids is 1. The number of H-pyrrole nitrogens is 1. The molecule has 2 heterocycles. The normalized spacial score (nSPS) is 14.5. The molecule has 0 radical (unpaired) electrons. The average Bonchev–Trinajstić information content (AvgIpc) is 3.29. The Bertz CT molecular complexity index is 1140. The van der Waals surface area contributed by atoms with Crippen LogP contribution in [0.1, 0.15) is 21.6 Å². The van der Waals surface area contributed by atoms with E-state index in [2.05, 4.69) is 78.8 Å². The summed E-state index contributed by atoms with van der Waals surface area (Å²) in [4.78, 5) is 20.5. The Kier molecular flexibility index (Phi) is 5.46. The summed E-state index contributed by atoms with van der Waals surface area (Å²) >= 11 is 5.82. The van der Waals surface area contributed by atoms with Gasteiger partial charge in [0.25, 0.3) is 0 Å². The fourth-order valence-electron chi connectivity index (χ4n) is 3.00. The van der Waals surface area contributed by atoms with Crippen molar-refractivity contribution in [2.75, 3.05) is 0 Å². The third kappa shape index (κ3) is 4.10. The van der Waals surface area contributed by atoms with Gasteiger partial charge in [0.1, 0.15) is 5.71 Å². The number of nitrogens with one attached hydrogen (secondary N) is 1. The average molecular weight is 543 g/mol. The van der Waals surface area contributed by atoms with Crippen molar-refractivity contribution >= 4 is 56.1 Å². The minimum Gasteiger partial charge on any atom is -0.349 e. The van der Waals surface area contributed by atoms with Crippen molar-refractivity contribution in [1.82, 2.24) is 4.98 Å². The van der Waals surface area contributed by atoms with E-state index in [4.69, 9.17) is 0 Å². The molecular weight excluding hydrogens is 527 g/mol. The lowest BCUT2D eigenvalue weighted by Crippen LogP contribution is -2.10. The van der Waals surface area contributed by atoms with E-state index in [1.807, 2.05) is 43.3 Å². The number of halogens is 2. The van der Waals surface area contributed by atoms with Gasteiger partial charge >= 0.3 is 0 Å². The van der Waals surface area contributed by atoms with Crippen molar-refractivity contribution in [3.05, 3.63) is 97.4 Å². The minimum absolute atomic E-state index is 0.0647. The number of carbonyl (C=O) groups is 1. The minimum atomic E-state index is -0.0647. The largest absolute Gasteiger partial charge is 0.349 e. The van der Waals surface area contributed by atoms with E-state index < -0.39 is 0 Å². The lowest BCUT2D eigenvalue weighted by atomic mass is 10.1. The van der Waals surface area contributed by atoms with Gasteiger partial charge in [0.05, 0.1) is 10.3 Å². The first kappa shape index (κ1) is 19.1. The van der Waals surface area contributed by atoms with Crippen LogP contribution in [0.25, 0.3) is 17.2 Å². The third-order valence-electron chi connectivity index (χ3n) is 4.47. The molecule has 3 nitrogen and oxygen atoms in total. The Morgan fingerprint density at radius 1 is 1.07 bits per heavy atom. The Labute approximate surface area is 185 Å². The van der Waals surface area contributed by atoms with Gasteiger partial charge in [-0.25, -0.2) is 4.99 Å². The van der Waals surface area contributed by atoms with Crippen LogP contribution in [0.5, 0.6) is 0 Å². The zero-order valence-corrected chi connectivity index (χ0v) is 18.8. The fourth-order valence-corrected chi connectivity index (χ4v) is 3.81. The Morgan fingerprint density at radius 2 is 1.79 bits per heavy atom. The number of aromatic amines is 1. The molecule has 2 aromatic carbocycles. The van der Waals surface area contributed by atoms with Crippen LogP contribution in [0.4, 0.5) is 0 Å². The van der Waals surface area contributed by atoms with Crippen LogP contribution in [0.2, 0.25) is 0 Å². The number of hydrogen-bond donors (Lipinski definition) is 1. The van der Waals surface area contributed by atoms with E-state index in [0.717, 1.165) is 32.7 Å². The molecule has 3 aromatic rings. The molecule has 4 rings (SSSR count). The second-order valence-corrected chi connectivity index (χ2v) is 8.65. The van der Waals surface area contributed by atoms with Gasteiger partial charge < -0.3 is 4.98 Å². The summed E-state index contributed by atoms with van der Waals surface area (Å²) in [5, 5.41) is 0. The summed E-state index contributed by atoms with van der Waals surface area (Å²) < 4.78 is 2.09. The number of allylic oxidation sites excluding steroid dienone is 2. The molecule has 0 aliphatic carbocycles. The zero-order chi connectivity index (χ0) is 19.7. The number of hydrogen-bond acceptors (Lipinski definition) is 2. The second kappa shape index (κ2) is 8.01. The number of benzene rings is 2. The molecule has 1 N–H and O–H groups in total. The van der Waals surface area contributed by atoms with Gasteiger partial charge in [0.2, 0.25) is 5.78 Å². The maximum atomic E-state index is 12.7. The predicted molar refractivity (Wildman–Crippen MR) is 127 cm³/mol. The molecule has 0 amide bonds. The topological polar surface area (TPSA) is 45.2 Å². The van der Waals surface area contributed by atoms with Crippen molar-refractivity contribution in [1.29, 1.82) is 0 Å². The smallest absolute Gasteiger partial charge is 0.211 e. The van der Waals surface area contributed by atoms with Gasteiger partial charge in [0, 0.05) is 20.4 Å². The number of ketones is 1. The highest BCUT2D eigenvalue weighted by Crippen LogP contribution is 2.30. The first-order valence-electron chi connectivity index (χ1n) is 8.74. The Balaban J connectivity index is 1.64. The summed E-state index contributed by atoms with van der Waals surface area (Å²) in [6.07, 6.45) is 5.61. The second-order valence-electron chi connectivity index (χ2n) is 6.55. The third-order valence-corrected chi connectivity index (χ3v) is 5.62. The van der Waals surface area contributed by atoms with Crippen molar-refractivity contribution in [3.63, 3.8) is 0 Å². The molecule has 0 bridgehead atoms. The lowest BCUT2D eigenvalue weighted by Gasteiger charge is -2.02. The molecule has 28 heavy (non-hydrogen) atoms. The SMILES string of the molecule is Cc1ccc(C(=O)C2=N/C(=C\c3[nH]c(Br)cc3-c3ccc(I)cc3)C=C2)cc1. The number of rotatable bonds is 4. The summed E-state index contributed by atoms with van der Waals surface area (Å²) in [6.45, 7) is 2.00. The Morgan fingerprint density at radius 3 is 2.50 bits per heavy atom. The van der Waals surface area contributed by atoms with Crippen LogP contribution in [-0.2, 0) is 0 Å². The molecule has 1 aromatic heterocycles. The summed E-state index contributed by atoms with van der Waals surface area (Å²) in [7, 11) is 0. The number of aromatic nitrogens is 1. The van der Waals surface area contributed by atoms with Crippen molar-refractivity contribution in [3.8, 4) is 11.1 Å². The molecule has 1 aliphatic heterocycles. The summed E-state index contributed by atoms with van der Waals surface area (Å²) in [5.74, 6) is -0.0647. The van der Waals surface area contributed by atoms with Crippen LogP contribution in [0.3, 0.4) is 0 Å². The first-order chi connectivity index (χ1) is 13.5. The summed E-state index contributed by atoms with van der Waals surface area (Å²) in [5.41, 5.74) is 6.13. The highest BCUT2D eigenvalue weighted by Gasteiger charge is 2.16. The number of nitrogens with zero attached hydrogens (tertiary/aromatic N) is 1. The van der Waals surface area contributed by atoms with Crippen molar-refractivity contribution < 1.29 is 4.79 Å². The van der Waals surface area contributed by atoms with Crippen molar-refractivity contribution in [2.24, 2.45) is 4.99 Å². The summed E-state index contributed by atoms with van der Waals surface area (Å²) in [6, 6.07) is 18.0. The Hall–Kier alpha value is -2.25. The van der Waals surface area contributed by atoms with E-state index in [0.29, 0.717) is 11.3 Å². The number of aliphatic imine (C=N–C) groups is 1. The molecule has 0 atom stereocenters. The lowest BCUT2D eigenvalue weighted by molar-refractivity contribution is 0.106. The van der Waals surface area contributed by atoms with Gasteiger partial charge in [-0.3, -0.25) is 4.79 Å². The molecule has 1 aliphatic rings. The van der Waals surface area contributed by atoms with Crippen LogP contribution < -0.4 is 0 Å². The van der Waals surface area contributed by atoms with E-state index in [1.54, 1.807) is 6.08 Å². The highest BCUT2D eigenvalue weighted by atomic mass is 127. The molecular formula is C23H16BrIN2O. The maximum Gasteiger partial charge on any atom is 0.211 e. The van der Waals surface area contributed by atoms with Gasteiger partial charge in [-0.05, 0) is 87.4 Å². The van der Waals surface area contributed by atoms with E-state index in [-0.39, 0.29) is 5.78 Å². The molecule has 0 saturated carbocycles. The fraction of sp³-hybridized carbons (Fsp3) is 0.0435. The molecule has 138 valence electrons.